The van der Waals surface area contributed by atoms with Crippen LogP contribution in [0.15, 0.2) is 18.2 Å². The van der Waals surface area contributed by atoms with Crippen LogP contribution in [0.3, 0.4) is 0 Å². The van der Waals surface area contributed by atoms with Gasteiger partial charge in [-0.05, 0) is 37.5 Å². The quantitative estimate of drug-likeness (QED) is 0.928. The summed E-state index contributed by atoms with van der Waals surface area (Å²) in [5.74, 6) is -2.60. The van der Waals surface area contributed by atoms with E-state index in [2.05, 4.69) is 5.32 Å². The minimum absolute atomic E-state index is 0.260. The normalized spacial score (nSPS) is 22.3. The highest BCUT2D eigenvalue weighted by atomic mass is 35.5. The van der Waals surface area contributed by atoms with E-state index in [1.807, 2.05) is 6.92 Å². The van der Waals surface area contributed by atoms with Gasteiger partial charge in [-0.25, -0.2) is 0 Å². The molecule has 1 aliphatic rings. The largest absolute Gasteiger partial charge is 0.550 e. The molecular formula is C15H17ClNO3-. The van der Waals surface area contributed by atoms with Gasteiger partial charge in [0.1, 0.15) is 0 Å². The number of anilines is 1. The van der Waals surface area contributed by atoms with Crippen LogP contribution in [0, 0.1) is 18.8 Å². The second-order valence-electron chi connectivity index (χ2n) is 5.22. The lowest BCUT2D eigenvalue weighted by molar-refractivity contribution is -0.313. The van der Waals surface area contributed by atoms with Crippen molar-refractivity contribution in [1.82, 2.24) is 0 Å². The maximum Gasteiger partial charge on any atom is 0.228 e. The molecule has 0 spiro atoms. The average Bonchev–Trinajstić information content (AvgIpc) is 2.43. The molecule has 1 amide bonds. The number of hydrogen-bond donors (Lipinski definition) is 1. The molecule has 0 bridgehead atoms. The Balaban J connectivity index is 2.14. The van der Waals surface area contributed by atoms with E-state index in [-0.39, 0.29) is 5.91 Å². The van der Waals surface area contributed by atoms with Gasteiger partial charge >= 0.3 is 0 Å². The predicted molar refractivity (Wildman–Crippen MR) is 75.3 cm³/mol. The molecule has 5 heteroatoms. The Bertz CT molecular complexity index is 530. The third kappa shape index (κ3) is 3.12. The first-order chi connectivity index (χ1) is 9.50. The molecule has 108 valence electrons. The smallest absolute Gasteiger partial charge is 0.228 e. The fourth-order valence-electron chi connectivity index (χ4n) is 2.70. The first-order valence-corrected chi connectivity index (χ1v) is 7.15. The van der Waals surface area contributed by atoms with E-state index in [0.29, 0.717) is 23.6 Å². The molecule has 20 heavy (non-hydrogen) atoms. The summed E-state index contributed by atoms with van der Waals surface area (Å²) in [5, 5.41) is 14.5. The molecular weight excluding hydrogens is 278 g/mol. The first kappa shape index (κ1) is 14.9. The zero-order valence-electron chi connectivity index (χ0n) is 11.3. The number of aliphatic carboxylic acids is 1. The summed E-state index contributed by atoms with van der Waals surface area (Å²) in [5.41, 5.74) is 1.41. The summed E-state index contributed by atoms with van der Waals surface area (Å²) in [6.45, 7) is 1.81. The molecule has 0 aromatic heterocycles. The molecule has 0 aliphatic heterocycles. The van der Waals surface area contributed by atoms with Crippen molar-refractivity contribution >= 4 is 29.2 Å². The van der Waals surface area contributed by atoms with Gasteiger partial charge in [-0.3, -0.25) is 4.79 Å². The van der Waals surface area contributed by atoms with Crippen LogP contribution in [0.25, 0.3) is 0 Å². The monoisotopic (exact) mass is 294 g/mol. The van der Waals surface area contributed by atoms with Crippen molar-refractivity contribution in [2.45, 2.75) is 32.6 Å². The standard InChI is InChI=1S/C15H18ClNO3/c1-9-12(16)7-4-8-13(9)17-14(18)10-5-2-3-6-11(10)15(19)20/h4,7-8,10-11H,2-3,5-6H2,1H3,(H,17,18)(H,19,20)/p-1/t10-,11-/m1/s1. The van der Waals surface area contributed by atoms with E-state index in [1.165, 1.54) is 0 Å². The summed E-state index contributed by atoms with van der Waals surface area (Å²) in [6, 6.07) is 5.26. The molecule has 1 saturated carbocycles. The number of carboxylic acids is 1. The molecule has 2 atom stereocenters. The molecule has 1 N–H and O–H groups in total. The summed E-state index contributed by atoms with van der Waals surface area (Å²) >= 11 is 6.01. The SMILES string of the molecule is Cc1c(Cl)cccc1NC(=O)[C@@H]1CCCC[C@H]1C(=O)[O-]. The lowest BCUT2D eigenvalue weighted by Crippen LogP contribution is -2.42. The number of carbonyl (C=O) groups is 2. The van der Waals surface area contributed by atoms with E-state index < -0.39 is 17.8 Å². The Hall–Kier alpha value is -1.55. The Kier molecular flexibility index (Phi) is 4.65. The third-order valence-corrected chi connectivity index (χ3v) is 4.34. The van der Waals surface area contributed by atoms with Crippen LogP contribution < -0.4 is 10.4 Å². The van der Waals surface area contributed by atoms with Crippen LogP contribution >= 0.6 is 11.6 Å². The van der Waals surface area contributed by atoms with Crippen LogP contribution in [-0.4, -0.2) is 11.9 Å². The highest BCUT2D eigenvalue weighted by Crippen LogP contribution is 2.31. The first-order valence-electron chi connectivity index (χ1n) is 6.77. The zero-order valence-corrected chi connectivity index (χ0v) is 12.1. The van der Waals surface area contributed by atoms with Crippen LogP contribution in [0.4, 0.5) is 5.69 Å². The van der Waals surface area contributed by atoms with E-state index in [4.69, 9.17) is 11.6 Å². The zero-order chi connectivity index (χ0) is 14.7. The van der Waals surface area contributed by atoms with E-state index in [1.54, 1.807) is 18.2 Å². The Morgan fingerprint density at radius 2 is 1.90 bits per heavy atom. The maximum absolute atomic E-state index is 12.3. The molecule has 0 unspecified atom stereocenters. The van der Waals surface area contributed by atoms with Crippen LogP contribution in [-0.2, 0) is 9.59 Å². The van der Waals surface area contributed by atoms with Gasteiger partial charge in [-0.2, -0.15) is 0 Å². The van der Waals surface area contributed by atoms with Crippen molar-refractivity contribution in [2.75, 3.05) is 5.32 Å². The van der Waals surface area contributed by atoms with Crippen molar-refractivity contribution in [3.63, 3.8) is 0 Å². The summed E-state index contributed by atoms with van der Waals surface area (Å²) in [4.78, 5) is 23.4. The number of amides is 1. The van der Waals surface area contributed by atoms with Crippen molar-refractivity contribution in [2.24, 2.45) is 11.8 Å². The fourth-order valence-corrected chi connectivity index (χ4v) is 2.87. The molecule has 2 rings (SSSR count). The molecule has 1 aliphatic carbocycles. The lowest BCUT2D eigenvalue weighted by Gasteiger charge is -2.31. The van der Waals surface area contributed by atoms with Crippen LogP contribution in [0.1, 0.15) is 31.2 Å². The topological polar surface area (TPSA) is 69.2 Å². The van der Waals surface area contributed by atoms with Gasteiger partial charge in [0.2, 0.25) is 5.91 Å². The Morgan fingerprint density at radius 3 is 2.55 bits per heavy atom. The predicted octanol–water partition coefficient (Wildman–Crippen LogP) is 2.14. The highest BCUT2D eigenvalue weighted by Gasteiger charge is 2.31. The number of carbonyl (C=O) groups excluding carboxylic acids is 2. The second-order valence-corrected chi connectivity index (χ2v) is 5.63. The van der Waals surface area contributed by atoms with Gasteiger partial charge in [0.05, 0.1) is 0 Å². The number of nitrogens with one attached hydrogen (secondary N) is 1. The van der Waals surface area contributed by atoms with Gasteiger partial charge < -0.3 is 15.2 Å². The maximum atomic E-state index is 12.3. The molecule has 0 radical (unpaired) electrons. The molecule has 0 heterocycles. The minimum atomic E-state index is -1.13. The van der Waals surface area contributed by atoms with Crippen LogP contribution in [0.2, 0.25) is 5.02 Å². The number of carboxylic acid groups (broad SMARTS) is 1. The Morgan fingerprint density at radius 1 is 1.25 bits per heavy atom. The summed E-state index contributed by atoms with van der Waals surface area (Å²) in [7, 11) is 0. The number of halogens is 1. The van der Waals surface area contributed by atoms with E-state index in [9.17, 15) is 14.7 Å². The lowest BCUT2D eigenvalue weighted by atomic mass is 9.78. The van der Waals surface area contributed by atoms with E-state index in [0.717, 1.165) is 18.4 Å². The summed E-state index contributed by atoms with van der Waals surface area (Å²) < 4.78 is 0. The molecule has 1 aromatic carbocycles. The van der Waals surface area contributed by atoms with Gasteiger partial charge in [-0.15, -0.1) is 0 Å². The molecule has 1 aromatic rings. The van der Waals surface area contributed by atoms with Gasteiger partial charge in [-0.1, -0.05) is 30.5 Å². The highest BCUT2D eigenvalue weighted by molar-refractivity contribution is 6.31. The van der Waals surface area contributed by atoms with Crippen molar-refractivity contribution in [1.29, 1.82) is 0 Å². The molecule has 1 fully saturated rings. The summed E-state index contributed by atoms with van der Waals surface area (Å²) in [6.07, 6.45) is 2.80. The third-order valence-electron chi connectivity index (χ3n) is 3.93. The van der Waals surface area contributed by atoms with Crippen LogP contribution in [0.5, 0.6) is 0 Å². The van der Waals surface area contributed by atoms with Crippen molar-refractivity contribution < 1.29 is 14.7 Å². The number of benzene rings is 1. The fraction of sp³-hybridized carbons (Fsp3) is 0.467. The van der Waals surface area contributed by atoms with Crippen molar-refractivity contribution in [3.05, 3.63) is 28.8 Å². The van der Waals surface area contributed by atoms with Crippen molar-refractivity contribution in [3.8, 4) is 0 Å². The molecule has 4 nitrogen and oxygen atoms in total. The number of rotatable bonds is 3. The Labute approximate surface area is 123 Å². The minimum Gasteiger partial charge on any atom is -0.550 e. The second kappa shape index (κ2) is 6.27. The van der Waals surface area contributed by atoms with E-state index >= 15 is 0 Å². The average molecular weight is 295 g/mol. The molecule has 0 saturated heterocycles. The van der Waals surface area contributed by atoms with Gasteiger partial charge in [0.25, 0.3) is 0 Å². The number of hydrogen-bond acceptors (Lipinski definition) is 3. The van der Waals surface area contributed by atoms with Gasteiger partial charge in [0, 0.05) is 28.5 Å². The van der Waals surface area contributed by atoms with Gasteiger partial charge in [0.15, 0.2) is 0 Å².